The molecule has 0 spiro atoms. The van der Waals surface area contributed by atoms with Crippen LogP contribution in [0.1, 0.15) is 63.9 Å². The molecule has 2 aliphatic heterocycles. The number of nitrogens with zero attached hydrogens (tertiary/aromatic N) is 4. The van der Waals surface area contributed by atoms with Crippen LogP contribution in [0.3, 0.4) is 0 Å². The van der Waals surface area contributed by atoms with E-state index in [0.29, 0.717) is 77.9 Å². The predicted molar refractivity (Wildman–Crippen MR) is 219 cm³/mol. The van der Waals surface area contributed by atoms with Crippen LogP contribution in [0, 0.1) is 0 Å². The van der Waals surface area contributed by atoms with E-state index in [1.165, 1.54) is 7.11 Å². The van der Waals surface area contributed by atoms with Crippen molar-refractivity contribution < 1.29 is 38.2 Å². The smallest absolute Gasteiger partial charge is 0.322 e. The average Bonchev–Trinajstić information content (AvgIpc) is 3.88. The van der Waals surface area contributed by atoms with Gasteiger partial charge in [-0.25, -0.2) is 0 Å². The second-order valence-electron chi connectivity index (χ2n) is 14.3. The Labute approximate surface area is 336 Å². The van der Waals surface area contributed by atoms with Crippen LogP contribution in [-0.2, 0) is 28.4 Å². The number of carbonyl (C=O) groups is 5. The van der Waals surface area contributed by atoms with Crippen LogP contribution in [0.4, 0.5) is 17.1 Å². The highest BCUT2D eigenvalue weighted by molar-refractivity contribution is 6.05. The molecule has 58 heavy (non-hydrogen) atoms. The van der Waals surface area contributed by atoms with Crippen molar-refractivity contribution in [3.8, 4) is 22.6 Å². The summed E-state index contributed by atoms with van der Waals surface area (Å²) in [5.41, 5.74) is 10.9. The molecule has 0 saturated carbocycles. The summed E-state index contributed by atoms with van der Waals surface area (Å²) >= 11 is 0. The fourth-order valence-corrected chi connectivity index (χ4v) is 6.66. The fourth-order valence-electron chi connectivity index (χ4n) is 6.66. The number of hydrogen-bond donors (Lipinski definition) is 4. The maximum atomic E-state index is 13.2. The number of anilines is 2. The van der Waals surface area contributed by atoms with Crippen molar-refractivity contribution in [2.45, 2.75) is 44.7 Å². The Bertz CT molecular complexity index is 2250. The minimum absolute atomic E-state index is 0.125. The molecule has 4 heterocycles. The van der Waals surface area contributed by atoms with Gasteiger partial charge in [0.15, 0.2) is 11.5 Å². The molecule has 2 aliphatic rings. The molecule has 304 valence electrons. The van der Waals surface area contributed by atoms with Gasteiger partial charge in [-0.1, -0.05) is 24.3 Å². The molecule has 16 heteroatoms. The van der Waals surface area contributed by atoms with Crippen molar-refractivity contribution in [1.82, 2.24) is 19.4 Å². The lowest BCUT2D eigenvalue weighted by Crippen LogP contribution is -2.35. The van der Waals surface area contributed by atoms with Gasteiger partial charge < -0.3 is 49.9 Å². The van der Waals surface area contributed by atoms with Crippen LogP contribution in [0.25, 0.3) is 11.1 Å². The van der Waals surface area contributed by atoms with E-state index in [1.54, 1.807) is 83.9 Å². The number of esters is 1. The standard InChI is InChI=1S/C42H48N8O8/c1-25-16-31-21-45-33-20-37(36(56-5)19-32(33)41(54)50(31)22-25)57-14-6-8-38(51)46-30-18-35(49(4)24-30)40(53)47-29-11-9-27(10-12-29)28-17-34(48(3)23-28)39(52)44-13-7-15-58-42(55)26(2)43/h9-12,17-21,23-24,26,31H,1,6-8,13-16,22,43H2,2-5H3,(H,44,52)(H,46,51)(H,47,53)/t26-,31-/m0/s1. The average molecular weight is 793 g/mol. The molecule has 0 bridgehead atoms. The minimum atomic E-state index is -0.692. The quantitative estimate of drug-likeness (QED) is 0.0712. The number of methoxy groups -OCH3 is 1. The molecule has 2 atom stereocenters. The van der Waals surface area contributed by atoms with Crippen LogP contribution >= 0.6 is 0 Å². The fraction of sp³-hybridized carbons (Fsp3) is 0.333. The predicted octanol–water partition coefficient (Wildman–Crippen LogP) is 4.59. The Balaban J connectivity index is 0.961. The third-order valence-electron chi connectivity index (χ3n) is 9.71. The second-order valence-corrected chi connectivity index (χ2v) is 14.3. The maximum absolute atomic E-state index is 13.2. The highest BCUT2D eigenvalue weighted by Crippen LogP contribution is 2.38. The van der Waals surface area contributed by atoms with E-state index in [4.69, 9.17) is 19.9 Å². The topological polar surface area (TPSA) is 201 Å². The summed E-state index contributed by atoms with van der Waals surface area (Å²) in [7, 11) is 5.00. The third kappa shape index (κ3) is 9.64. The highest BCUT2D eigenvalue weighted by Gasteiger charge is 2.34. The molecule has 1 saturated heterocycles. The third-order valence-corrected chi connectivity index (χ3v) is 9.71. The Morgan fingerprint density at radius 2 is 1.66 bits per heavy atom. The van der Waals surface area contributed by atoms with E-state index in [2.05, 4.69) is 27.5 Å². The number of nitrogens with two attached hydrogens (primary N) is 1. The van der Waals surface area contributed by atoms with Crippen LogP contribution in [0.5, 0.6) is 11.5 Å². The first-order chi connectivity index (χ1) is 27.8. The number of carbonyl (C=O) groups excluding carboxylic acids is 5. The van der Waals surface area contributed by atoms with Crippen molar-refractivity contribution in [2.24, 2.45) is 24.8 Å². The van der Waals surface area contributed by atoms with Gasteiger partial charge in [-0.2, -0.15) is 0 Å². The molecule has 4 amide bonds. The number of ether oxygens (including phenoxy) is 3. The summed E-state index contributed by atoms with van der Waals surface area (Å²) in [5, 5.41) is 8.56. The van der Waals surface area contributed by atoms with Gasteiger partial charge in [-0.05, 0) is 62.1 Å². The molecule has 2 aromatic heterocycles. The Morgan fingerprint density at radius 1 is 0.914 bits per heavy atom. The van der Waals surface area contributed by atoms with E-state index in [-0.39, 0.29) is 49.3 Å². The monoisotopic (exact) mass is 792 g/mol. The number of rotatable bonds is 16. The molecule has 0 unspecified atom stereocenters. The SMILES string of the molecule is C=C1C[C@H]2C=Nc3cc(OCCCC(=O)Nc4cc(C(=O)Nc5ccc(-c6cc(C(=O)NCCCOC(=O)[C@H](C)N)n(C)c6)cc5)n(C)c4)c(OC)cc3C(=O)N2C1. The van der Waals surface area contributed by atoms with Crippen molar-refractivity contribution in [2.75, 3.05) is 44.0 Å². The van der Waals surface area contributed by atoms with E-state index in [0.717, 1.165) is 16.7 Å². The zero-order chi connectivity index (χ0) is 41.5. The number of amides is 4. The van der Waals surface area contributed by atoms with Crippen LogP contribution in [-0.4, -0.2) is 95.3 Å². The second kappa shape index (κ2) is 18.1. The molecule has 0 aliphatic carbocycles. The molecule has 6 rings (SSSR count). The van der Waals surface area contributed by atoms with Gasteiger partial charge in [0.2, 0.25) is 5.91 Å². The van der Waals surface area contributed by atoms with Gasteiger partial charge >= 0.3 is 5.97 Å². The summed E-state index contributed by atoms with van der Waals surface area (Å²) in [6, 6.07) is 13.1. The van der Waals surface area contributed by atoms with Crippen LogP contribution in [0.2, 0.25) is 0 Å². The van der Waals surface area contributed by atoms with E-state index in [1.807, 2.05) is 18.3 Å². The van der Waals surface area contributed by atoms with E-state index < -0.39 is 12.0 Å². The lowest BCUT2D eigenvalue weighted by atomic mass is 10.1. The van der Waals surface area contributed by atoms with Crippen LogP contribution in [0.15, 0.2) is 78.1 Å². The Hall–Kier alpha value is -6.68. The molecule has 16 nitrogen and oxygen atoms in total. The molecule has 0 radical (unpaired) electrons. The lowest BCUT2D eigenvalue weighted by Gasteiger charge is -2.20. The van der Waals surface area contributed by atoms with Crippen molar-refractivity contribution in [3.63, 3.8) is 0 Å². The van der Waals surface area contributed by atoms with E-state index in [9.17, 15) is 24.0 Å². The summed E-state index contributed by atoms with van der Waals surface area (Å²) in [4.78, 5) is 69.8. The molecule has 2 aromatic carbocycles. The van der Waals surface area contributed by atoms with Gasteiger partial charge in [-0.3, -0.25) is 29.0 Å². The highest BCUT2D eigenvalue weighted by atomic mass is 16.5. The van der Waals surface area contributed by atoms with Gasteiger partial charge in [0.1, 0.15) is 17.4 Å². The molecule has 5 N–H and O–H groups in total. The number of aliphatic imine (C=N–C) groups is 1. The van der Waals surface area contributed by atoms with E-state index >= 15 is 0 Å². The summed E-state index contributed by atoms with van der Waals surface area (Å²) < 4.78 is 19.9. The van der Waals surface area contributed by atoms with Crippen LogP contribution < -0.4 is 31.2 Å². The van der Waals surface area contributed by atoms with Gasteiger partial charge in [0.05, 0.1) is 43.3 Å². The number of aryl methyl sites for hydroxylation is 2. The largest absolute Gasteiger partial charge is 0.493 e. The summed E-state index contributed by atoms with van der Waals surface area (Å²) in [5.74, 6) is -0.659. The van der Waals surface area contributed by atoms with Gasteiger partial charge in [0, 0.05) is 69.5 Å². The normalized spacial score (nSPS) is 14.9. The maximum Gasteiger partial charge on any atom is 0.322 e. The number of fused-ring (bicyclic) bond motifs is 2. The number of aromatic nitrogens is 2. The first-order valence-electron chi connectivity index (χ1n) is 18.9. The lowest BCUT2D eigenvalue weighted by molar-refractivity contribution is -0.144. The van der Waals surface area contributed by atoms with Gasteiger partial charge in [-0.15, -0.1) is 0 Å². The summed E-state index contributed by atoms with van der Waals surface area (Å²) in [6.07, 6.45) is 6.97. The zero-order valence-corrected chi connectivity index (χ0v) is 33.0. The number of hydrogen-bond acceptors (Lipinski definition) is 10. The molecular formula is C42H48N8O8. The molecular weight excluding hydrogens is 745 g/mol. The molecule has 1 fully saturated rings. The number of nitrogens with one attached hydrogen (secondary N) is 3. The first-order valence-corrected chi connectivity index (χ1v) is 18.9. The van der Waals surface area contributed by atoms with Crippen molar-refractivity contribution in [3.05, 3.63) is 90.0 Å². The Morgan fingerprint density at radius 3 is 2.40 bits per heavy atom. The van der Waals surface area contributed by atoms with Crippen molar-refractivity contribution in [1.29, 1.82) is 0 Å². The van der Waals surface area contributed by atoms with Gasteiger partial charge in [0.25, 0.3) is 17.7 Å². The first kappa shape index (κ1) is 41.0. The zero-order valence-electron chi connectivity index (χ0n) is 33.0. The summed E-state index contributed by atoms with van der Waals surface area (Å²) in [6.45, 7) is 6.77. The van der Waals surface area contributed by atoms with Crippen molar-refractivity contribution >= 4 is 52.9 Å². The Kier molecular flexibility index (Phi) is 12.8. The number of benzene rings is 2. The minimum Gasteiger partial charge on any atom is -0.493 e. The molecule has 4 aromatic rings.